The molecule has 0 unspecified atom stereocenters. The highest BCUT2D eigenvalue weighted by atomic mass is 16.5. The maximum absolute atomic E-state index is 5.33. The predicted octanol–water partition coefficient (Wildman–Crippen LogP) is 1.88. The number of rotatable bonds is 5. The quantitative estimate of drug-likeness (QED) is 0.460. The van der Waals surface area contributed by atoms with Gasteiger partial charge in [0.05, 0.1) is 12.9 Å². The third-order valence-electron chi connectivity index (χ3n) is 2.25. The Morgan fingerprint density at radius 3 is 2.67 bits per heavy atom. The lowest BCUT2D eigenvalue weighted by molar-refractivity contribution is 0.208. The zero-order valence-electron chi connectivity index (χ0n) is 8.12. The van der Waals surface area contributed by atoms with Crippen molar-refractivity contribution < 1.29 is 4.74 Å². The van der Waals surface area contributed by atoms with Crippen molar-refractivity contribution in [3.8, 4) is 0 Å². The molecule has 0 N–H and O–H groups in total. The lowest BCUT2D eigenvalue weighted by atomic mass is 9.86. The molecule has 0 amide bonds. The van der Waals surface area contributed by atoms with Crippen LogP contribution in [0.25, 0.3) is 0 Å². The molecule has 0 saturated heterocycles. The van der Waals surface area contributed by atoms with Gasteiger partial charge in [-0.25, -0.2) is 0 Å². The van der Waals surface area contributed by atoms with Gasteiger partial charge < -0.3 is 9.64 Å². The van der Waals surface area contributed by atoms with E-state index in [-0.39, 0.29) is 0 Å². The van der Waals surface area contributed by atoms with Gasteiger partial charge in [0.25, 0.3) is 0 Å². The first-order valence-electron chi connectivity index (χ1n) is 4.72. The second-order valence-electron chi connectivity index (χ2n) is 3.69. The normalized spacial score (nSPS) is 18.6. The smallest absolute Gasteiger partial charge is 0.0999 e. The van der Waals surface area contributed by atoms with E-state index in [0.717, 1.165) is 19.1 Å². The van der Waals surface area contributed by atoms with Gasteiger partial charge in [0.15, 0.2) is 0 Å². The highest BCUT2D eigenvalue weighted by Gasteiger charge is 2.13. The molecule has 0 heterocycles. The summed E-state index contributed by atoms with van der Waals surface area (Å²) < 4.78 is 5.33. The summed E-state index contributed by atoms with van der Waals surface area (Å²) >= 11 is 0. The van der Waals surface area contributed by atoms with E-state index in [9.17, 15) is 0 Å². The summed E-state index contributed by atoms with van der Waals surface area (Å²) in [6, 6.07) is 0. The van der Waals surface area contributed by atoms with Gasteiger partial charge in [-0.05, 0) is 38.9 Å². The summed E-state index contributed by atoms with van der Waals surface area (Å²) in [6.45, 7) is 1.80. The number of nitrogens with zero attached hydrogens (tertiary/aromatic N) is 1. The molecule has 1 aliphatic rings. The summed E-state index contributed by atoms with van der Waals surface area (Å²) in [5.74, 6) is 0.810. The molecule has 1 rings (SSSR count). The number of allylic oxidation sites excluding steroid dienone is 1. The van der Waals surface area contributed by atoms with E-state index in [0.29, 0.717) is 0 Å². The molecule has 1 fully saturated rings. The van der Waals surface area contributed by atoms with Gasteiger partial charge in [0.2, 0.25) is 0 Å². The summed E-state index contributed by atoms with van der Waals surface area (Å²) in [4.78, 5) is 2.12. The second-order valence-corrected chi connectivity index (χ2v) is 3.69. The number of likely N-dealkylation sites (N-methyl/N-ethyl adjacent to an activating group) is 1. The number of ether oxygens (including phenoxy) is 1. The Labute approximate surface area is 75.2 Å². The minimum Gasteiger partial charge on any atom is -0.500 e. The van der Waals surface area contributed by atoms with Gasteiger partial charge in [-0.3, -0.25) is 0 Å². The van der Waals surface area contributed by atoms with Crippen LogP contribution in [0.1, 0.15) is 19.3 Å². The summed E-state index contributed by atoms with van der Waals surface area (Å²) in [5, 5.41) is 0. The van der Waals surface area contributed by atoms with Gasteiger partial charge >= 0.3 is 0 Å². The topological polar surface area (TPSA) is 12.5 Å². The van der Waals surface area contributed by atoms with Crippen molar-refractivity contribution >= 4 is 0 Å². The van der Waals surface area contributed by atoms with Crippen molar-refractivity contribution in [2.45, 2.75) is 19.3 Å². The Hall–Kier alpha value is -0.500. The molecule has 1 saturated carbocycles. The van der Waals surface area contributed by atoms with Crippen molar-refractivity contribution in [2.75, 3.05) is 27.2 Å². The lowest BCUT2D eigenvalue weighted by Gasteiger charge is -2.21. The molecule has 1 aliphatic carbocycles. The minimum absolute atomic E-state index is 0.802. The Balaban J connectivity index is 1.90. The molecule has 0 aromatic carbocycles. The SMILES string of the molecule is CN(C)CCO/C=C/C1CCC1. The van der Waals surface area contributed by atoms with Crippen molar-refractivity contribution in [1.29, 1.82) is 0 Å². The molecule has 70 valence electrons. The highest BCUT2D eigenvalue weighted by Crippen LogP contribution is 2.27. The van der Waals surface area contributed by atoms with Crippen LogP contribution in [0.5, 0.6) is 0 Å². The summed E-state index contributed by atoms with van der Waals surface area (Å²) in [5.41, 5.74) is 0. The molecule has 2 heteroatoms. The van der Waals surface area contributed by atoms with Crippen LogP contribution >= 0.6 is 0 Å². The van der Waals surface area contributed by atoms with Crippen LogP contribution in [0.2, 0.25) is 0 Å². The van der Waals surface area contributed by atoms with E-state index in [4.69, 9.17) is 4.74 Å². The van der Waals surface area contributed by atoms with E-state index >= 15 is 0 Å². The standard InChI is InChI=1S/C10H19NO/c1-11(2)7-9-12-8-6-10-4-3-5-10/h6,8,10H,3-5,7,9H2,1-2H3/b8-6+. The monoisotopic (exact) mass is 169 g/mol. The van der Waals surface area contributed by atoms with Crippen LogP contribution in [0, 0.1) is 5.92 Å². The Bertz CT molecular complexity index is 139. The van der Waals surface area contributed by atoms with E-state index in [2.05, 4.69) is 25.1 Å². The van der Waals surface area contributed by atoms with Crippen molar-refractivity contribution in [1.82, 2.24) is 4.90 Å². The molecule has 0 aromatic rings. The molecule has 0 spiro atoms. The van der Waals surface area contributed by atoms with Crippen molar-refractivity contribution in [3.63, 3.8) is 0 Å². The van der Waals surface area contributed by atoms with Crippen LogP contribution in [0.3, 0.4) is 0 Å². The zero-order valence-corrected chi connectivity index (χ0v) is 8.12. The second kappa shape index (κ2) is 5.20. The first kappa shape index (κ1) is 9.59. The number of hydrogen-bond acceptors (Lipinski definition) is 2. The maximum atomic E-state index is 5.33. The third-order valence-corrected chi connectivity index (χ3v) is 2.25. The number of hydrogen-bond donors (Lipinski definition) is 0. The molecule has 2 nitrogen and oxygen atoms in total. The molecule has 0 atom stereocenters. The highest BCUT2D eigenvalue weighted by molar-refractivity contribution is 4.88. The molecule has 0 bridgehead atoms. The molecule has 0 radical (unpaired) electrons. The van der Waals surface area contributed by atoms with E-state index in [1.165, 1.54) is 19.3 Å². The minimum atomic E-state index is 0.802. The predicted molar refractivity (Wildman–Crippen MR) is 51.0 cm³/mol. The first-order chi connectivity index (χ1) is 5.79. The average molecular weight is 169 g/mol. The fourth-order valence-corrected chi connectivity index (χ4v) is 1.10. The van der Waals surface area contributed by atoms with E-state index in [1.54, 1.807) is 0 Å². The van der Waals surface area contributed by atoms with Gasteiger partial charge in [-0.2, -0.15) is 0 Å². The summed E-state index contributed by atoms with van der Waals surface area (Å²) in [6.07, 6.45) is 8.17. The van der Waals surface area contributed by atoms with Crippen LogP contribution in [-0.4, -0.2) is 32.1 Å². The fourth-order valence-electron chi connectivity index (χ4n) is 1.10. The Kier molecular flexibility index (Phi) is 4.15. The van der Waals surface area contributed by atoms with Crippen molar-refractivity contribution in [2.24, 2.45) is 5.92 Å². The van der Waals surface area contributed by atoms with E-state index < -0.39 is 0 Å². The Morgan fingerprint density at radius 2 is 2.17 bits per heavy atom. The molecular formula is C10H19NO. The molecule has 0 aromatic heterocycles. The van der Waals surface area contributed by atoms with Gasteiger partial charge in [0, 0.05) is 6.54 Å². The van der Waals surface area contributed by atoms with E-state index in [1.807, 2.05) is 6.26 Å². The van der Waals surface area contributed by atoms with Crippen LogP contribution < -0.4 is 0 Å². The van der Waals surface area contributed by atoms with Gasteiger partial charge in [-0.15, -0.1) is 0 Å². The lowest BCUT2D eigenvalue weighted by Crippen LogP contribution is -2.17. The molecule has 0 aliphatic heterocycles. The van der Waals surface area contributed by atoms with Crippen molar-refractivity contribution in [3.05, 3.63) is 12.3 Å². The summed E-state index contributed by atoms with van der Waals surface area (Å²) in [7, 11) is 4.11. The average Bonchev–Trinajstić information content (AvgIpc) is 1.92. The van der Waals surface area contributed by atoms with Gasteiger partial charge in [0.1, 0.15) is 0 Å². The van der Waals surface area contributed by atoms with Gasteiger partial charge in [-0.1, -0.05) is 6.42 Å². The Morgan fingerprint density at radius 1 is 1.42 bits per heavy atom. The van der Waals surface area contributed by atoms with Crippen LogP contribution in [0.15, 0.2) is 12.3 Å². The fraction of sp³-hybridized carbons (Fsp3) is 0.800. The van der Waals surface area contributed by atoms with Crippen LogP contribution in [0.4, 0.5) is 0 Å². The molecular weight excluding hydrogens is 150 g/mol. The zero-order chi connectivity index (χ0) is 8.81. The first-order valence-corrected chi connectivity index (χ1v) is 4.72. The largest absolute Gasteiger partial charge is 0.500 e. The molecule has 12 heavy (non-hydrogen) atoms. The maximum Gasteiger partial charge on any atom is 0.0999 e. The third kappa shape index (κ3) is 3.77. The van der Waals surface area contributed by atoms with Crippen LogP contribution in [-0.2, 0) is 4.74 Å².